The Balaban J connectivity index is 1.59. The maximum absolute atomic E-state index is 12.7. The van der Waals surface area contributed by atoms with Gasteiger partial charge in [-0.2, -0.15) is 0 Å². The number of Topliss-reactive ketones (excluding diaryl/α,β-unsaturated/α-hetero) is 1. The van der Waals surface area contributed by atoms with Crippen molar-refractivity contribution in [3.8, 4) is 11.3 Å². The standard InChI is InChI=1S/C21H19ClN4OS/c1-25(2)15-6-8-16(9-7-15)26-11-18(27)19(20(26)23)21-24-17(12-28-21)13-4-3-5-14(22)10-13/h3-10,12,19,23H,11H2,1-2H3. The summed E-state index contributed by atoms with van der Waals surface area (Å²) in [5.74, 6) is -0.352. The molecule has 7 heteroatoms. The highest BCUT2D eigenvalue weighted by atomic mass is 35.5. The predicted molar refractivity (Wildman–Crippen MR) is 116 cm³/mol. The van der Waals surface area contributed by atoms with Crippen molar-refractivity contribution in [2.45, 2.75) is 5.92 Å². The van der Waals surface area contributed by atoms with Crippen LogP contribution in [0.5, 0.6) is 0 Å². The van der Waals surface area contributed by atoms with Crippen LogP contribution in [0.4, 0.5) is 11.4 Å². The molecule has 1 N–H and O–H groups in total. The number of rotatable bonds is 4. The lowest BCUT2D eigenvalue weighted by Gasteiger charge is -2.19. The molecule has 1 fully saturated rings. The zero-order valence-corrected chi connectivity index (χ0v) is 17.1. The van der Waals surface area contributed by atoms with E-state index in [0.717, 1.165) is 22.6 Å². The largest absolute Gasteiger partial charge is 0.378 e. The molecule has 2 aromatic carbocycles. The van der Waals surface area contributed by atoms with Crippen molar-refractivity contribution in [1.29, 1.82) is 5.41 Å². The summed E-state index contributed by atoms with van der Waals surface area (Å²) in [5, 5.41) is 11.8. The Hall–Kier alpha value is -2.70. The number of benzene rings is 2. The number of carbonyl (C=O) groups is 1. The Morgan fingerprint density at radius 2 is 1.96 bits per heavy atom. The molecule has 4 rings (SSSR count). The summed E-state index contributed by atoms with van der Waals surface area (Å²) in [6.45, 7) is 0.191. The Labute approximate surface area is 172 Å². The maximum atomic E-state index is 12.7. The van der Waals surface area contributed by atoms with Gasteiger partial charge in [0, 0.05) is 41.4 Å². The first-order chi connectivity index (χ1) is 13.4. The number of nitrogens with one attached hydrogen (secondary N) is 1. The van der Waals surface area contributed by atoms with E-state index in [9.17, 15) is 4.79 Å². The fourth-order valence-corrected chi connectivity index (χ4v) is 4.40. The second-order valence-electron chi connectivity index (χ2n) is 6.86. The third-order valence-corrected chi connectivity index (χ3v) is 5.91. The van der Waals surface area contributed by atoms with Crippen LogP contribution in [0.25, 0.3) is 11.3 Å². The van der Waals surface area contributed by atoms with Crippen molar-refractivity contribution >= 4 is 45.9 Å². The first kappa shape index (κ1) is 18.7. The lowest BCUT2D eigenvalue weighted by molar-refractivity contribution is -0.116. The third-order valence-electron chi connectivity index (χ3n) is 4.77. The minimum absolute atomic E-state index is 0.00585. The van der Waals surface area contributed by atoms with E-state index < -0.39 is 5.92 Å². The molecule has 1 aliphatic heterocycles. The highest BCUT2D eigenvalue weighted by Gasteiger charge is 2.39. The van der Waals surface area contributed by atoms with Crippen LogP contribution >= 0.6 is 22.9 Å². The first-order valence-electron chi connectivity index (χ1n) is 8.81. The number of anilines is 2. The zero-order valence-electron chi connectivity index (χ0n) is 15.5. The summed E-state index contributed by atoms with van der Waals surface area (Å²) in [5.41, 5.74) is 3.60. The number of nitrogens with zero attached hydrogens (tertiary/aromatic N) is 3. The van der Waals surface area contributed by atoms with Gasteiger partial charge in [0.05, 0.1) is 12.2 Å². The minimum atomic E-state index is -0.619. The van der Waals surface area contributed by atoms with Crippen LogP contribution < -0.4 is 9.80 Å². The number of thiazole rings is 1. The van der Waals surface area contributed by atoms with Gasteiger partial charge in [0.25, 0.3) is 0 Å². The van der Waals surface area contributed by atoms with E-state index in [4.69, 9.17) is 17.0 Å². The normalized spacial score (nSPS) is 16.7. The number of carbonyl (C=O) groups excluding carboxylic acids is 1. The molecule has 1 unspecified atom stereocenters. The second kappa shape index (κ2) is 7.37. The van der Waals surface area contributed by atoms with Crippen LogP contribution in [0.2, 0.25) is 5.02 Å². The average molecular weight is 411 g/mol. The molecule has 1 aliphatic rings. The summed E-state index contributed by atoms with van der Waals surface area (Å²) in [6.07, 6.45) is 0. The van der Waals surface area contributed by atoms with Crippen LogP contribution in [0, 0.1) is 5.41 Å². The fourth-order valence-electron chi connectivity index (χ4n) is 3.26. The van der Waals surface area contributed by atoms with Crippen LogP contribution in [0.3, 0.4) is 0 Å². The number of aromatic nitrogens is 1. The number of ketones is 1. The van der Waals surface area contributed by atoms with E-state index >= 15 is 0 Å². The molecule has 0 saturated carbocycles. The zero-order chi connectivity index (χ0) is 19.8. The van der Waals surface area contributed by atoms with E-state index in [2.05, 4.69) is 4.98 Å². The van der Waals surface area contributed by atoms with E-state index in [1.807, 2.05) is 72.9 Å². The Morgan fingerprint density at radius 3 is 2.64 bits per heavy atom. The monoisotopic (exact) mass is 410 g/mol. The van der Waals surface area contributed by atoms with Crippen molar-refractivity contribution in [2.24, 2.45) is 0 Å². The molecule has 0 amide bonds. The summed E-state index contributed by atoms with van der Waals surface area (Å²) in [6, 6.07) is 15.3. The molecule has 0 bridgehead atoms. The van der Waals surface area contributed by atoms with Crippen molar-refractivity contribution in [3.63, 3.8) is 0 Å². The summed E-state index contributed by atoms with van der Waals surface area (Å²) in [4.78, 5) is 21.1. The molecule has 1 saturated heterocycles. The van der Waals surface area contributed by atoms with Gasteiger partial charge in [-0.25, -0.2) is 4.98 Å². The van der Waals surface area contributed by atoms with Crippen molar-refractivity contribution in [1.82, 2.24) is 4.98 Å². The highest BCUT2D eigenvalue weighted by Crippen LogP contribution is 2.34. The molecule has 5 nitrogen and oxygen atoms in total. The van der Waals surface area contributed by atoms with Crippen molar-refractivity contribution in [3.05, 3.63) is 63.9 Å². The molecular weight excluding hydrogens is 392 g/mol. The highest BCUT2D eigenvalue weighted by molar-refractivity contribution is 7.10. The van der Waals surface area contributed by atoms with Gasteiger partial charge in [-0.15, -0.1) is 11.3 Å². The Kier molecular flexibility index (Phi) is 4.91. The Morgan fingerprint density at radius 1 is 1.21 bits per heavy atom. The summed E-state index contributed by atoms with van der Waals surface area (Å²) in [7, 11) is 3.96. The SMILES string of the molecule is CN(C)c1ccc(N2CC(=O)C(c3nc(-c4cccc(Cl)c4)cs3)C2=N)cc1. The lowest BCUT2D eigenvalue weighted by Crippen LogP contribution is -2.25. The van der Waals surface area contributed by atoms with Gasteiger partial charge >= 0.3 is 0 Å². The lowest BCUT2D eigenvalue weighted by atomic mass is 10.1. The molecular formula is C21H19ClN4OS. The average Bonchev–Trinajstić information content (AvgIpc) is 3.26. The minimum Gasteiger partial charge on any atom is -0.378 e. The van der Waals surface area contributed by atoms with Gasteiger partial charge < -0.3 is 9.80 Å². The van der Waals surface area contributed by atoms with E-state index in [0.29, 0.717) is 10.0 Å². The predicted octanol–water partition coefficient (Wildman–Crippen LogP) is 4.68. The molecule has 28 heavy (non-hydrogen) atoms. The maximum Gasteiger partial charge on any atom is 0.170 e. The number of amidine groups is 1. The smallest absolute Gasteiger partial charge is 0.170 e. The van der Waals surface area contributed by atoms with Crippen molar-refractivity contribution < 1.29 is 4.79 Å². The van der Waals surface area contributed by atoms with Gasteiger partial charge in [-0.3, -0.25) is 10.2 Å². The molecule has 1 atom stereocenters. The van der Waals surface area contributed by atoms with Crippen LogP contribution in [-0.2, 0) is 4.79 Å². The second-order valence-corrected chi connectivity index (χ2v) is 8.19. The Bertz CT molecular complexity index is 1040. The quantitative estimate of drug-likeness (QED) is 0.678. The van der Waals surface area contributed by atoms with Gasteiger partial charge in [0.15, 0.2) is 5.78 Å². The molecule has 0 radical (unpaired) electrons. The van der Waals surface area contributed by atoms with Gasteiger partial charge in [0.2, 0.25) is 0 Å². The van der Waals surface area contributed by atoms with E-state index in [1.54, 1.807) is 4.90 Å². The molecule has 0 spiro atoms. The number of hydrogen-bond acceptors (Lipinski definition) is 5. The molecule has 142 valence electrons. The van der Waals surface area contributed by atoms with Crippen molar-refractivity contribution in [2.75, 3.05) is 30.4 Å². The topological polar surface area (TPSA) is 60.3 Å². The van der Waals surface area contributed by atoms with E-state index in [-0.39, 0.29) is 18.2 Å². The molecule has 1 aromatic heterocycles. The molecule has 2 heterocycles. The molecule has 0 aliphatic carbocycles. The van der Waals surface area contributed by atoms with Gasteiger partial charge in [0.1, 0.15) is 16.8 Å². The van der Waals surface area contributed by atoms with Gasteiger partial charge in [-0.1, -0.05) is 23.7 Å². The summed E-state index contributed by atoms with van der Waals surface area (Å²) >= 11 is 7.48. The number of halogens is 1. The first-order valence-corrected chi connectivity index (χ1v) is 10.1. The van der Waals surface area contributed by atoms with Crippen LogP contribution in [0.15, 0.2) is 53.9 Å². The summed E-state index contributed by atoms with van der Waals surface area (Å²) < 4.78 is 0. The van der Waals surface area contributed by atoms with Gasteiger partial charge in [-0.05, 0) is 36.4 Å². The number of hydrogen-bond donors (Lipinski definition) is 1. The van der Waals surface area contributed by atoms with Crippen LogP contribution in [0.1, 0.15) is 10.9 Å². The molecule has 3 aromatic rings. The fraction of sp³-hybridized carbons (Fsp3) is 0.190. The van der Waals surface area contributed by atoms with E-state index in [1.165, 1.54) is 11.3 Å². The third kappa shape index (κ3) is 3.41. The van der Waals surface area contributed by atoms with Crippen LogP contribution in [-0.4, -0.2) is 37.2 Å².